The summed E-state index contributed by atoms with van der Waals surface area (Å²) in [5.74, 6) is -0.145. The van der Waals surface area contributed by atoms with Crippen LogP contribution in [0.4, 0.5) is 0 Å². The fourth-order valence-electron chi connectivity index (χ4n) is 3.41. The highest BCUT2D eigenvalue weighted by Gasteiger charge is 2.78. The van der Waals surface area contributed by atoms with Gasteiger partial charge in [-0.3, -0.25) is 9.59 Å². The molecule has 4 atom stereocenters. The number of Topliss-reactive ketones (excluding diaryl/α,β-unsaturated/α-hetero) is 1. The molecule has 4 saturated carbocycles. The molecule has 0 saturated heterocycles. The first-order valence-electron chi connectivity index (χ1n) is 4.45. The molecule has 4 aliphatic rings. The standard InChI is InChI=1S/C9H10O3/c10-7-4-1-2-9(8(11)12)5(3-4)6(7)9/h4-6H,1-3H2,(H,11,12). The summed E-state index contributed by atoms with van der Waals surface area (Å²) in [6.07, 6.45) is 2.42. The highest BCUT2D eigenvalue weighted by Crippen LogP contribution is 2.73. The van der Waals surface area contributed by atoms with E-state index in [2.05, 4.69) is 0 Å². The lowest BCUT2D eigenvalue weighted by molar-refractivity contribution is -0.149. The molecule has 0 amide bonds. The lowest BCUT2D eigenvalue weighted by Crippen LogP contribution is -2.33. The molecule has 0 aliphatic heterocycles. The van der Waals surface area contributed by atoms with Gasteiger partial charge in [-0.1, -0.05) is 0 Å². The molecule has 4 aliphatic carbocycles. The van der Waals surface area contributed by atoms with Crippen LogP contribution >= 0.6 is 0 Å². The molecule has 0 heterocycles. The molecule has 3 nitrogen and oxygen atoms in total. The van der Waals surface area contributed by atoms with Gasteiger partial charge >= 0.3 is 5.97 Å². The molecule has 0 aromatic rings. The second-order valence-corrected chi connectivity index (χ2v) is 4.30. The van der Waals surface area contributed by atoms with Gasteiger partial charge in [0.15, 0.2) is 0 Å². The monoisotopic (exact) mass is 166 g/mol. The number of carbonyl (C=O) groups excluding carboxylic acids is 1. The minimum absolute atomic E-state index is 0.0891. The Bertz CT molecular complexity index is 296. The molecule has 0 radical (unpaired) electrons. The molecule has 64 valence electrons. The van der Waals surface area contributed by atoms with Crippen molar-refractivity contribution in [3.05, 3.63) is 0 Å². The minimum atomic E-state index is -0.732. The van der Waals surface area contributed by atoms with Gasteiger partial charge in [-0.05, 0) is 25.2 Å². The van der Waals surface area contributed by atoms with Crippen LogP contribution in [-0.2, 0) is 9.59 Å². The average Bonchev–Trinajstić information content (AvgIpc) is 2.64. The summed E-state index contributed by atoms with van der Waals surface area (Å²) >= 11 is 0. The number of carbonyl (C=O) groups is 2. The molecular weight excluding hydrogens is 156 g/mol. The van der Waals surface area contributed by atoms with E-state index in [0.29, 0.717) is 0 Å². The van der Waals surface area contributed by atoms with Crippen LogP contribution in [0.25, 0.3) is 0 Å². The van der Waals surface area contributed by atoms with Crippen LogP contribution in [0.2, 0.25) is 0 Å². The molecule has 0 spiro atoms. The third-order valence-corrected chi connectivity index (χ3v) is 4.06. The molecule has 12 heavy (non-hydrogen) atoms. The number of ketones is 1. The van der Waals surface area contributed by atoms with Gasteiger partial charge in [0.1, 0.15) is 5.78 Å². The SMILES string of the molecule is O=C1C2CCC3(C(=O)O)C(C2)C13. The number of rotatable bonds is 1. The predicted octanol–water partition coefficient (Wildman–Crippen LogP) is 0.686. The van der Waals surface area contributed by atoms with Crippen molar-refractivity contribution in [2.45, 2.75) is 19.3 Å². The van der Waals surface area contributed by atoms with Gasteiger partial charge in [-0.25, -0.2) is 0 Å². The first-order chi connectivity index (χ1) is 5.68. The van der Waals surface area contributed by atoms with E-state index >= 15 is 0 Å². The zero-order chi connectivity index (χ0) is 8.51. The Morgan fingerprint density at radius 3 is 2.75 bits per heavy atom. The van der Waals surface area contributed by atoms with Crippen molar-refractivity contribution in [3.63, 3.8) is 0 Å². The Balaban J connectivity index is 2.05. The van der Waals surface area contributed by atoms with Crippen LogP contribution in [0.1, 0.15) is 19.3 Å². The number of aliphatic carboxylic acids is 1. The highest BCUT2D eigenvalue weighted by molar-refractivity contribution is 5.99. The predicted molar refractivity (Wildman–Crippen MR) is 39.4 cm³/mol. The minimum Gasteiger partial charge on any atom is -0.481 e. The van der Waals surface area contributed by atoms with E-state index in [1.807, 2.05) is 0 Å². The molecule has 0 aromatic heterocycles. The molecule has 3 heteroatoms. The van der Waals surface area contributed by atoms with Crippen molar-refractivity contribution in [2.75, 3.05) is 0 Å². The lowest BCUT2D eigenvalue weighted by Gasteiger charge is -2.26. The first-order valence-corrected chi connectivity index (χ1v) is 4.45. The Labute approximate surface area is 69.8 Å². The number of hydrogen-bond donors (Lipinski definition) is 1. The zero-order valence-electron chi connectivity index (χ0n) is 6.62. The summed E-state index contributed by atoms with van der Waals surface area (Å²) in [5, 5.41) is 9.00. The van der Waals surface area contributed by atoms with Gasteiger partial charge in [0, 0.05) is 11.8 Å². The smallest absolute Gasteiger partial charge is 0.310 e. The normalized spacial score (nSPS) is 54.0. The van der Waals surface area contributed by atoms with Crippen LogP contribution in [0.3, 0.4) is 0 Å². The quantitative estimate of drug-likeness (QED) is 0.623. The van der Waals surface area contributed by atoms with Gasteiger partial charge in [0.25, 0.3) is 0 Å². The van der Waals surface area contributed by atoms with Crippen molar-refractivity contribution < 1.29 is 14.7 Å². The Kier molecular flexibility index (Phi) is 0.875. The van der Waals surface area contributed by atoms with Crippen LogP contribution in [-0.4, -0.2) is 16.9 Å². The maximum Gasteiger partial charge on any atom is 0.310 e. The number of hydrogen-bond acceptors (Lipinski definition) is 2. The summed E-state index contributed by atoms with van der Waals surface area (Å²) in [7, 11) is 0. The van der Waals surface area contributed by atoms with Crippen molar-refractivity contribution in [3.8, 4) is 0 Å². The number of carboxylic acid groups (broad SMARTS) is 1. The molecule has 4 fully saturated rings. The summed E-state index contributed by atoms with van der Waals surface area (Å²) in [6, 6.07) is 0. The highest BCUT2D eigenvalue weighted by atomic mass is 16.4. The van der Waals surface area contributed by atoms with Gasteiger partial charge in [-0.15, -0.1) is 0 Å². The maximum absolute atomic E-state index is 11.5. The lowest BCUT2D eigenvalue weighted by atomic mass is 9.76. The van der Waals surface area contributed by atoms with Crippen LogP contribution in [0, 0.1) is 23.2 Å². The largest absolute Gasteiger partial charge is 0.481 e. The van der Waals surface area contributed by atoms with Gasteiger partial charge in [-0.2, -0.15) is 0 Å². The molecule has 1 N–H and O–H groups in total. The number of carboxylic acids is 1. The third kappa shape index (κ3) is 0.439. The van der Waals surface area contributed by atoms with Gasteiger partial charge in [0.2, 0.25) is 0 Å². The van der Waals surface area contributed by atoms with Crippen LogP contribution < -0.4 is 0 Å². The molecule has 4 unspecified atom stereocenters. The van der Waals surface area contributed by atoms with Crippen molar-refractivity contribution in [1.29, 1.82) is 0 Å². The Morgan fingerprint density at radius 1 is 1.58 bits per heavy atom. The van der Waals surface area contributed by atoms with E-state index < -0.39 is 11.4 Å². The zero-order valence-corrected chi connectivity index (χ0v) is 6.62. The summed E-state index contributed by atoms with van der Waals surface area (Å²) < 4.78 is 0. The van der Waals surface area contributed by atoms with E-state index in [0.717, 1.165) is 19.3 Å². The molecule has 4 bridgehead atoms. The summed E-state index contributed by atoms with van der Waals surface area (Å²) in [6.45, 7) is 0. The topological polar surface area (TPSA) is 54.4 Å². The van der Waals surface area contributed by atoms with E-state index in [1.165, 1.54) is 0 Å². The van der Waals surface area contributed by atoms with Gasteiger partial charge in [0.05, 0.1) is 5.41 Å². The van der Waals surface area contributed by atoms with E-state index in [1.54, 1.807) is 0 Å². The van der Waals surface area contributed by atoms with Crippen molar-refractivity contribution in [2.24, 2.45) is 23.2 Å². The fourth-order valence-corrected chi connectivity index (χ4v) is 3.41. The van der Waals surface area contributed by atoms with E-state index in [-0.39, 0.29) is 23.5 Å². The Morgan fingerprint density at radius 2 is 2.33 bits per heavy atom. The van der Waals surface area contributed by atoms with Crippen LogP contribution in [0.15, 0.2) is 0 Å². The third-order valence-electron chi connectivity index (χ3n) is 4.06. The van der Waals surface area contributed by atoms with Crippen molar-refractivity contribution >= 4 is 11.8 Å². The fraction of sp³-hybridized carbons (Fsp3) is 0.778. The summed E-state index contributed by atoms with van der Waals surface area (Å²) in [5.41, 5.74) is -0.591. The van der Waals surface area contributed by atoms with E-state index in [4.69, 9.17) is 5.11 Å². The molecular formula is C9H10O3. The van der Waals surface area contributed by atoms with Gasteiger partial charge < -0.3 is 5.11 Å². The molecule has 0 aromatic carbocycles. The second-order valence-electron chi connectivity index (χ2n) is 4.30. The number of fused-ring (bicyclic) bond motifs is 1. The Hall–Kier alpha value is -0.860. The average molecular weight is 166 g/mol. The maximum atomic E-state index is 11.5. The second kappa shape index (κ2) is 1.58. The first kappa shape index (κ1) is 6.63. The molecule has 4 rings (SSSR count). The summed E-state index contributed by atoms with van der Waals surface area (Å²) in [4.78, 5) is 22.4. The van der Waals surface area contributed by atoms with Crippen molar-refractivity contribution in [1.82, 2.24) is 0 Å². The van der Waals surface area contributed by atoms with E-state index in [9.17, 15) is 9.59 Å². The van der Waals surface area contributed by atoms with Crippen LogP contribution in [0.5, 0.6) is 0 Å².